The number of nitrogens with zero attached hydrogens (tertiary/aromatic N) is 1. The lowest BCUT2D eigenvalue weighted by Crippen LogP contribution is -2.38. The van der Waals surface area contributed by atoms with Crippen LogP contribution >= 0.6 is 22.9 Å². The molecule has 4 unspecified atom stereocenters. The zero-order chi connectivity index (χ0) is 24.2. The van der Waals surface area contributed by atoms with Gasteiger partial charge in [-0.15, -0.1) is 11.3 Å². The molecular weight excluding hydrogens is 482 g/mol. The lowest BCUT2D eigenvalue weighted by atomic mass is 9.93. The summed E-state index contributed by atoms with van der Waals surface area (Å²) in [5, 5.41) is 12.0. The molecule has 0 spiro atoms. The van der Waals surface area contributed by atoms with Gasteiger partial charge in [0.2, 0.25) is 0 Å². The fraction of sp³-hybridized carbons (Fsp3) is 0.393. The van der Waals surface area contributed by atoms with Crippen LogP contribution in [0.1, 0.15) is 58.9 Å². The number of aliphatic hydroxyl groups is 1. The van der Waals surface area contributed by atoms with Gasteiger partial charge in [0.1, 0.15) is 5.76 Å². The molecule has 1 fully saturated rings. The van der Waals surface area contributed by atoms with E-state index in [4.69, 9.17) is 25.8 Å². The summed E-state index contributed by atoms with van der Waals surface area (Å²) < 4.78 is 18.3. The Bertz CT molecular complexity index is 1160. The number of halogens is 1. The minimum atomic E-state index is -0.576. The third-order valence-corrected chi connectivity index (χ3v) is 7.84. The highest BCUT2D eigenvalue weighted by molar-refractivity contribution is 7.12. The van der Waals surface area contributed by atoms with E-state index in [-0.39, 0.29) is 18.3 Å². The van der Waals surface area contributed by atoms with Crippen LogP contribution in [0.5, 0.6) is 0 Å². The average molecular weight is 512 g/mol. The van der Waals surface area contributed by atoms with Gasteiger partial charge < -0.3 is 19.3 Å². The fourth-order valence-corrected chi connectivity index (χ4v) is 5.67. The molecule has 1 N–H and O–H groups in total. The van der Waals surface area contributed by atoms with Gasteiger partial charge in [0.15, 0.2) is 0 Å². The highest BCUT2D eigenvalue weighted by atomic mass is 35.5. The van der Waals surface area contributed by atoms with Crippen LogP contribution in [0.15, 0.2) is 60.8 Å². The summed E-state index contributed by atoms with van der Waals surface area (Å²) in [5.41, 5.74) is 3.19. The van der Waals surface area contributed by atoms with Crippen LogP contribution in [-0.2, 0) is 27.2 Å². The zero-order valence-electron chi connectivity index (χ0n) is 19.7. The molecule has 0 amide bonds. The van der Waals surface area contributed by atoms with Crippen molar-refractivity contribution < 1.29 is 19.3 Å². The van der Waals surface area contributed by atoms with Crippen molar-refractivity contribution in [3.8, 4) is 0 Å². The molecule has 4 atom stereocenters. The highest BCUT2D eigenvalue weighted by Gasteiger charge is 2.33. The molecule has 5 rings (SSSR count). The predicted molar refractivity (Wildman–Crippen MR) is 138 cm³/mol. The molecular formula is C28H30ClNO4S. The van der Waals surface area contributed by atoms with E-state index in [0.717, 1.165) is 51.8 Å². The molecule has 184 valence electrons. The lowest BCUT2D eigenvalue weighted by Gasteiger charge is -2.37. The largest absolute Gasteiger partial charge is 0.492 e. The lowest BCUT2D eigenvalue weighted by molar-refractivity contribution is -0.151. The van der Waals surface area contributed by atoms with Crippen LogP contribution in [0.4, 0.5) is 0 Å². The molecule has 3 aromatic rings. The van der Waals surface area contributed by atoms with Gasteiger partial charge in [-0.3, -0.25) is 0 Å². The van der Waals surface area contributed by atoms with Crippen LogP contribution in [0.2, 0.25) is 5.02 Å². The molecule has 2 aliphatic heterocycles. The molecule has 0 aliphatic carbocycles. The summed E-state index contributed by atoms with van der Waals surface area (Å²) in [5.74, 6) is 0.926. The Balaban J connectivity index is 1.30. The number of benzene rings is 2. The van der Waals surface area contributed by atoms with E-state index >= 15 is 0 Å². The predicted octanol–water partition coefficient (Wildman–Crippen LogP) is 6.33. The highest BCUT2D eigenvalue weighted by Crippen LogP contribution is 2.37. The third-order valence-electron chi connectivity index (χ3n) is 6.46. The first-order valence-corrected chi connectivity index (χ1v) is 13.3. The van der Waals surface area contributed by atoms with Crippen molar-refractivity contribution in [2.75, 3.05) is 6.61 Å². The van der Waals surface area contributed by atoms with Crippen molar-refractivity contribution in [2.45, 2.75) is 63.6 Å². The van der Waals surface area contributed by atoms with Gasteiger partial charge in [-0.1, -0.05) is 54.1 Å². The van der Waals surface area contributed by atoms with Gasteiger partial charge >= 0.3 is 0 Å². The van der Waals surface area contributed by atoms with E-state index in [2.05, 4.69) is 29.3 Å². The SMILES string of the molecule is CC(O)C1CC(OCc2ccccc2)CC(c2ccc(Cl)c(Cc3ncc(C4=CCCO4)s3)c2)O1. The second-order valence-corrected chi connectivity index (χ2v) is 10.7. The van der Waals surface area contributed by atoms with E-state index in [1.54, 1.807) is 18.3 Å². The maximum Gasteiger partial charge on any atom is 0.134 e. The van der Waals surface area contributed by atoms with E-state index in [1.165, 1.54) is 0 Å². The Kier molecular flexibility index (Phi) is 7.85. The van der Waals surface area contributed by atoms with Gasteiger partial charge in [0.25, 0.3) is 0 Å². The average Bonchev–Trinajstić information content (AvgIpc) is 3.57. The molecule has 2 aliphatic rings. The van der Waals surface area contributed by atoms with Gasteiger partial charge in [-0.2, -0.15) is 0 Å². The molecule has 5 nitrogen and oxygen atoms in total. The number of rotatable bonds is 8. The monoisotopic (exact) mass is 511 g/mol. The Labute approximate surface area is 215 Å². The van der Waals surface area contributed by atoms with Gasteiger partial charge in [0, 0.05) is 36.9 Å². The molecule has 3 heterocycles. The summed E-state index contributed by atoms with van der Waals surface area (Å²) >= 11 is 8.22. The third kappa shape index (κ3) is 6.13. The topological polar surface area (TPSA) is 60.8 Å². The number of ether oxygens (including phenoxy) is 3. The van der Waals surface area contributed by atoms with Crippen molar-refractivity contribution in [2.24, 2.45) is 0 Å². The Morgan fingerprint density at radius 3 is 2.83 bits per heavy atom. The van der Waals surface area contributed by atoms with Crippen LogP contribution in [0, 0.1) is 0 Å². The van der Waals surface area contributed by atoms with Crippen LogP contribution in [0.3, 0.4) is 0 Å². The quantitative estimate of drug-likeness (QED) is 0.382. The number of aromatic nitrogens is 1. The summed E-state index contributed by atoms with van der Waals surface area (Å²) in [4.78, 5) is 5.65. The maximum absolute atomic E-state index is 10.3. The first kappa shape index (κ1) is 24.5. The van der Waals surface area contributed by atoms with E-state index in [9.17, 15) is 5.11 Å². The zero-order valence-corrected chi connectivity index (χ0v) is 21.3. The van der Waals surface area contributed by atoms with Gasteiger partial charge in [-0.25, -0.2) is 4.98 Å². The summed E-state index contributed by atoms with van der Waals surface area (Å²) in [7, 11) is 0. The smallest absolute Gasteiger partial charge is 0.134 e. The summed E-state index contributed by atoms with van der Waals surface area (Å²) in [6.07, 6.45) is 5.93. The van der Waals surface area contributed by atoms with Crippen molar-refractivity contribution in [3.63, 3.8) is 0 Å². The van der Waals surface area contributed by atoms with E-state index in [1.807, 2.05) is 36.5 Å². The molecule has 2 aromatic carbocycles. The van der Waals surface area contributed by atoms with Crippen LogP contribution < -0.4 is 0 Å². The molecule has 1 saturated heterocycles. The van der Waals surface area contributed by atoms with Crippen molar-refractivity contribution >= 4 is 28.7 Å². The first-order valence-electron chi connectivity index (χ1n) is 12.1. The Hall–Kier alpha value is -2.22. The van der Waals surface area contributed by atoms with Crippen LogP contribution in [0.25, 0.3) is 5.76 Å². The first-order chi connectivity index (χ1) is 17.0. The minimum absolute atomic E-state index is 0.00566. The Morgan fingerprint density at radius 2 is 2.06 bits per heavy atom. The summed E-state index contributed by atoms with van der Waals surface area (Å²) in [6.45, 7) is 3.06. The Morgan fingerprint density at radius 1 is 1.20 bits per heavy atom. The minimum Gasteiger partial charge on any atom is -0.492 e. The van der Waals surface area contributed by atoms with Gasteiger partial charge in [-0.05, 0) is 35.8 Å². The number of hydrogen-bond acceptors (Lipinski definition) is 6. The second kappa shape index (κ2) is 11.2. The maximum atomic E-state index is 10.3. The van der Waals surface area contributed by atoms with Gasteiger partial charge in [0.05, 0.1) is 47.5 Å². The number of aliphatic hydroxyl groups excluding tert-OH is 1. The molecule has 0 radical (unpaired) electrons. The van der Waals surface area contributed by atoms with Crippen LogP contribution in [-0.4, -0.2) is 35.0 Å². The number of hydrogen-bond donors (Lipinski definition) is 1. The molecule has 0 saturated carbocycles. The van der Waals surface area contributed by atoms with E-state index in [0.29, 0.717) is 24.5 Å². The fourth-order valence-electron chi connectivity index (χ4n) is 4.55. The normalized spacial score (nSPS) is 23.1. The van der Waals surface area contributed by atoms with Crippen molar-refractivity contribution in [1.82, 2.24) is 4.98 Å². The number of thiazole rings is 1. The molecule has 1 aromatic heterocycles. The standard InChI is InChI=1S/C28H30ClNO4S/c1-18(31)25-14-22(33-17-19-6-3-2-4-7-19)15-26(34-25)20-9-10-23(29)21(12-20)13-28-30-16-27(35-28)24-8-5-11-32-24/h2-4,6-10,12,16,18,22,25-26,31H,5,11,13-15,17H2,1H3. The van der Waals surface area contributed by atoms with Crippen molar-refractivity contribution in [3.05, 3.63) is 92.4 Å². The molecule has 0 bridgehead atoms. The molecule has 7 heteroatoms. The second-order valence-electron chi connectivity index (χ2n) is 9.15. The van der Waals surface area contributed by atoms with Crippen molar-refractivity contribution in [1.29, 1.82) is 0 Å². The van der Waals surface area contributed by atoms with E-state index < -0.39 is 6.10 Å². The summed E-state index contributed by atoms with van der Waals surface area (Å²) in [6, 6.07) is 16.2. The molecule has 35 heavy (non-hydrogen) atoms.